The van der Waals surface area contributed by atoms with Crippen LogP contribution in [0.3, 0.4) is 0 Å². The molecule has 1 unspecified atom stereocenters. The molecule has 0 N–H and O–H groups in total. The predicted octanol–water partition coefficient (Wildman–Crippen LogP) is 3.72. The molecule has 20 heavy (non-hydrogen) atoms. The number of nitrogens with zero attached hydrogens (tertiary/aromatic N) is 2. The molecule has 1 aromatic carbocycles. The summed E-state index contributed by atoms with van der Waals surface area (Å²) in [5.74, 6) is -6.24. The minimum absolute atomic E-state index is 0.308. The van der Waals surface area contributed by atoms with Crippen LogP contribution < -0.4 is 4.90 Å². The number of rotatable bonds is 1. The van der Waals surface area contributed by atoms with Crippen LogP contribution in [0, 0.1) is 23.5 Å². The van der Waals surface area contributed by atoms with E-state index in [2.05, 4.69) is 4.98 Å². The van der Waals surface area contributed by atoms with Gasteiger partial charge in [0.25, 0.3) is 11.9 Å². The van der Waals surface area contributed by atoms with Crippen LogP contribution in [0.25, 0.3) is 0 Å². The summed E-state index contributed by atoms with van der Waals surface area (Å²) in [4.78, 5) is 3.85. The normalized spacial score (nSPS) is 17.4. The van der Waals surface area contributed by atoms with Crippen LogP contribution >= 0.6 is 0 Å². The fraction of sp³-hybridized carbons (Fsp3) is 0.214. The first-order chi connectivity index (χ1) is 9.50. The molecule has 0 saturated carbocycles. The van der Waals surface area contributed by atoms with Crippen molar-refractivity contribution in [3.63, 3.8) is 0 Å². The van der Waals surface area contributed by atoms with Gasteiger partial charge in [-0.2, -0.15) is 22.5 Å². The quantitative estimate of drug-likeness (QED) is 0.585. The highest BCUT2D eigenvalue weighted by molar-refractivity contribution is 5.71. The Labute approximate surface area is 112 Å². The second-order valence-electron chi connectivity index (χ2n) is 4.72. The van der Waals surface area contributed by atoms with E-state index in [9.17, 15) is 17.6 Å². The Kier molecular flexibility index (Phi) is 2.88. The second-order valence-corrected chi connectivity index (χ2v) is 4.72. The minimum Gasteiger partial charge on any atom is -0.333 e. The Bertz CT molecular complexity index is 661. The van der Waals surface area contributed by atoms with Gasteiger partial charge >= 0.3 is 0 Å². The van der Waals surface area contributed by atoms with Crippen molar-refractivity contribution < 1.29 is 17.6 Å². The lowest BCUT2D eigenvalue weighted by atomic mass is 10.1. The number of aromatic nitrogens is 1. The lowest BCUT2D eigenvalue weighted by Crippen LogP contribution is -2.27. The standard InChI is InChI=1S/C14H10F4N2/c1-7-6-8-4-2-3-5-9(8)20(7)12-10(15)13(17)19-14(18)11(12)16/h2-5,7H,6H2,1H3. The summed E-state index contributed by atoms with van der Waals surface area (Å²) in [6.45, 7) is 1.73. The number of hydrogen-bond donors (Lipinski definition) is 0. The first-order valence-electron chi connectivity index (χ1n) is 6.08. The van der Waals surface area contributed by atoms with Crippen LogP contribution in [-0.2, 0) is 6.42 Å². The Hall–Kier alpha value is -2.11. The average molecular weight is 282 g/mol. The van der Waals surface area contributed by atoms with E-state index in [1.165, 1.54) is 4.90 Å². The molecule has 0 aliphatic carbocycles. The Morgan fingerprint density at radius 3 is 2.30 bits per heavy atom. The van der Waals surface area contributed by atoms with E-state index in [0.717, 1.165) is 5.56 Å². The van der Waals surface area contributed by atoms with Crippen molar-refractivity contribution in [1.82, 2.24) is 4.98 Å². The molecule has 104 valence electrons. The number of pyridine rings is 1. The third-order valence-corrected chi connectivity index (χ3v) is 3.42. The molecule has 1 aliphatic heterocycles. The summed E-state index contributed by atoms with van der Waals surface area (Å²) in [5, 5.41) is 0. The van der Waals surface area contributed by atoms with Gasteiger partial charge in [0.15, 0.2) is 0 Å². The van der Waals surface area contributed by atoms with Crippen LogP contribution in [0.2, 0.25) is 0 Å². The van der Waals surface area contributed by atoms with Gasteiger partial charge in [-0.3, -0.25) is 0 Å². The van der Waals surface area contributed by atoms with E-state index in [-0.39, 0.29) is 6.04 Å². The molecular formula is C14H10F4N2. The summed E-state index contributed by atoms with van der Waals surface area (Å²) in [7, 11) is 0. The van der Waals surface area contributed by atoms with Crippen molar-refractivity contribution in [2.24, 2.45) is 0 Å². The highest BCUT2D eigenvalue weighted by Gasteiger charge is 2.34. The molecule has 0 fully saturated rings. The Morgan fingerprint density at radius 1 is 1.05 bits per heavy atom. The molecule has 0 bridgehead atoms. The van der Waals surface area contributed by atoms with Gasteiger partial charge in [0, 0.05) is 11.7 Å². The molecule has 0 spiro atoms. The van der Waals surface area contributed by atoms with Crippen LogP contribution in [0.4, 0.5) is 28.9 Å². The number of para-hydroxylation sites is 1. The van der Waals surface area contributed by atoms with Crippen molar-refractivity contribution in [3.8, 4) is 0 Å². The highest BCUT2D eigenvalue weighted by Crippen LogP contribution is 2.41. The monoisotopic (exact) mass is 282 g/mol. The van der Waals surface area contributed by atoms with E-state index in [1.54, 1.807) is 25.1 Å². The zero-order chi connectivity index (χ0) is 14.4. The molecule has 2 heterocycles. The number of fused-ring (bicyclic) bond motifs is 1. The maximum Gasteiger partial charge on any atom is 0.253 e. The zero-order valence-electron chi connectivity index (χ0n) is 10.5. The van der Waals surface area contributed by atoms with E-state index in [1.807, 2.05) is 6.07 Å². The summed E-state index contributed by atoms with van der Waals surface area (Å²) in [5.41, 5.74) is 0.687. The maximum atomic E-state index is 13.9. The smallest absolute Gasteiger partial charge is 0.253 e. The molecule has 1 aliphatic rings. The van der Waals surface area contributed by atoms with Crippen molar-refractivity contribution in [2.75, 3.05) is 4.90 Å². The molecule has 2 aromatic rings. The van der Waals surface area contributed by atoms with Gasteiger partial charge < -0.3 is 4.90 Å². The summed E-state index contributed by atoms with van der Waals surface area (Å²) in [6.07, 6.45) is 0.542. The first-order valence-corrected chi connectivity index (χ1v) is 6.08. The van der Waals surface area contributed by atoms with Crippen LogP contribution in [0.15, 0.2) is 24.3 Å². The van der Waals surface area contributed by atoms with Crippen LogP contribution in [-0.4, -0.2) is 11.0 Å². The number of anilines is 2. The largest absolute Gasteiger partial charge is 0.333 e. The molecule has 1 atom stereocenters. The van der Waals surface area contributed by atoms with Crippen molar-refractivity contribution in [3.05, 3.63) is 53.4 Å². The van der Waals surface area contributed by atoms with E-state index < -0.39 is 29.2 Å². The molecule has 3 rings (SSSR count). The van der Waals surface area contributed by atoms with Gasteiger partial charge in [0.2, 0.25) is 11.6 Å². The van der Waals surface area contributed by atoms with Gasteiger partial charge in [-0.05, 0) is 25.0 Å². The van der Waals surface area contributed by atoms with Gasteiger partial charge in [0.05, 0.1) is 0 Å². The van der Waals surface area contributed by atoms with E-state index in [4.69, 9.17) is 0 Å². The Morgan fingerprint density at radius 2 is 1.65 bits per heavy atom. The third-order valence-electron chi connectivity index (χ3n) is 3.42. The van der Waals surface area contributed by atoms with Crippen molar-refractivity contribution in [1.29, 1.82) is 0 Å². The fourth-order valence-corrected chi connectivity index (χ4v) is 2.59. The molecule has 0 amide bonds. The maximum absolute atomic E-state index is 13.9. The highest BCUT2D eigenvalue weighted by atomic mass is 19.2. The number of hydrogen-bond acceptors (Lipinski definition) is 2. The average Bonchev–Trinajstić information content (AvgIpc) is 2.74. The number of benzene rings is 1. The minimum atomic E-state index is -1.64. The molecule has 0 radical (unpaired) electrons. The molecule has 1 aromatic heterocycles. The summed E-state index contributed by atoms with van der Waals surface area (Å²) >= 11 is 0. The van der Waals surface area contributed by atoms with Gasteiger partial charge in [-0.1, -0.05) is 18.2 Å². The summed E-state index contributed by atoms with van der Waals surface area (Å²) in [6, 6.07) is 6.67. The van der Waals surface area contributed by atoms with Crippen LogP contribution in [0.5, 0.6) is 0 Å². The number of halogens is 4. The first kappa shape index (κ1) is 12.9. The second kappa shape index (κ2) is 4.47. The molecule has 0 saturated heterocycles. The third kappa shape index (κ3) is 1.75. The Balaban J connectivity index is 2.24. The predicted molar refractivity (Wildman–Crippen MR) is 65.8 cm³/mol. The zero-order valence-corrected chi connectivity index (χ0v) is 10.5. The topological polar surface area (TPSA) is 16.1 Å². The SMILES string of the molecule is CC1Cc2ccccc2N1c1c(F)c(F)nc(F)c1F. The summed E-state index contributed by atoms with van der Waals surface area (Å²) < 4.78 is 54.3. The van der Waals surface area contributed by atoms with Crippen LogP contribution in [0.1, 0.15) is 12.5 Å². The van der Waals surface area contributed by atoms with Gasteiger partial charge in [-0.25, -0.2) is 0 Å². The molecular weight excluding hydrogens is 272 g/mol. The van der Waals surface area contributed by atoms with Crippen molar-refractivity contribution in [2.45, 2.75) is 19.4 Å². The van der Waals surface area contributed by atoms with E-state index in [0.29, 0.717) is 12.1 Å². The van der Waals surface area contributed by atoms with Gasteiger partial charge in [0.1, 0.15) is 5.69 Å². The molecule has 6 heteroatoms. The van der Waals surface area contributed by atoms with E-state index >= 15 is 0 Å². The lowest BCUT2D eigenvalue weighted by Gasteiger charge is -2.25. The lowest BCUT2D eigenvalue weighted by molar-refractivity contribution is 0.406. The fourth-order valence-electron chi connectivity index (χ4n) is 2.59. The molecule has 2 nitrogen and oxygen atoms in total. The van der Waals surface area contributed by atoms with Gasteiger partial charge in [-0.15, -0.1) is 0 Å². The van der Waals surface area contributed by atoms with Crippen molar-refractivity contribution >= 4 is 11.4 Å².